The molecular weight excluding hydrogens is 168 g/mol. The molecule has 1 rings (SSSR count). The van der Waals surface area contributed by atoms with Gasteiger partial charge in [-0.3, -0.25) is 4.79 Å². The molecule has 1 N–H and O–H groups in total. The molecule has 0 fully saturated rings. The number of hydrogen-bond donors (Lipinski definition) is 1. The molecule has 0 spiro atoms. The summed E-state index contributed by atoms with van der Waals surface area (Å²) in [6, 6.07) is 0. The topological polar surface area (TPSA) is 55.1 Å². The van der Waals surface area contributed by atoms with Crippen LogP contribution in [0.3, 0.4) is 0 Å². The lowest BCUT2D eigenvalue weighted by Crippen LogP contribution is -2.19. The van der Waals surface area contributed by atoms with Gasteiger partial charge in [-0.05, 0) is 6.08 Å². The van der Waals surface area contributed by atoms with Gasteiger partial charge in [0.1, 0.15) is 5.76 Å². The van der Waals surface area contributed by atoms with Crippen molar-refractivity contribution >= 4 is 5.91 Å². The van der Waals surface area contributed by atoms with Crippen LogP contribution in [0.4, 0.5) is 0 Å². The molecule has 4 nitrogen and oxygen atoms in total. The molecule has 13 heavy (non-hydrogen) atoms. The average molecular weight is 180 g/mol. The van der Waals surface area contributed by atoms with E-state index in [9.17, 15) is 4.79 Å². The number of carbonyl (C=O) groups excluding carboxylic acids is 1. The SMILES string of the molecule is C=CC(=O)NCc1cnc(CC)o1. The Labute approximate surface area is 76.7 Å². The first-order chi connectivity index (χ1) is 6.26. The minimum atomic E-state index is -0.213. The number of nitrogens with one attached hydrogen (secondary N) is 1. The van der Waals surface area contributed by atoms with Crippen molar-refractivity contribution in [3.8, 4) is 0 Å². The molecule has 1 aromatic rings. The van der Waals surface area contributed by atoms with E-state index in [1.807, 2.05) is 6.92 Å². The van der Waals surface area contributed by atoms with Crippen LogP contribution in [0.5, 0.6) is 0 Å². The van der Waals surface area contributed by atoms with Crippen LogP contribution in [0.1, 0.15) is 18.6 Å². The lowest BCUT2D eigenvalue weighted by atomic mass is 10.5. The fourth-order valence-corrected chi connectivity index (χ4v) is 0.840. The molecule has 0 unspecified atom stereocenters. The predicted molar refractivity (Wildman–Crippen MR) is 47.9 cm³/mol. The highest BCUT2D eigenvalue weighted by Gasteiger charge is 2.02. The van der Waals surface area contributed by atoms with Gasteiger partial charge in [-0.15, -0.1) is 0 Å². The Balaban J connectivity index is 2.45. The summed E-state index contributed by atoms with van der Waals surface area (Å²) < 4.78 is 5.27. The number of carbonyl (C=O) groups is 1. The molecule has 1 aromatic heterocycles. The number of aryl methyl sites for hydroxylation is 1. The van der Waals surface area contributed by atoms with Crippen molar-refractivity contribution in [2.24, 2.45) is 0 Å². The number of amides is 1. The van der Waals surface area contributed by atoms with E-state index in [-0.39, 0.29) is 5.91 Å². The summed E-state index contributed by atoms with van der Waals surface area (Å²) in [4.78, 5) is 14.8. The summed E-state index contributed by atoms with van der Waals surface area (Å²) in [6.45, 7) is 5.65. The fourth-order valence-electron chi connectivity index (χ4n) is 0.840. The summed E-state index contributed by atoms with van der Waals surface area (Å²) in [6.07, 6.45) is 3.59. The van der Waals surface area contributed by atoms with Gasteiger partial charge in [0.2, 0.25) is 5.91 Å². The molecule has 0 atom stereocenters. The maximum Gasteiger partial charge on any atom is 0.243 e. The number of oxazole rings is 1. The Morgan fingerprint density at radius 3 is 3.15 bits per heavy atom. The molecule has 0 aliphatic heterocycles. The summed E-state index contributed by atoms with van der Waals surface area (Å²) in [5.41, 5.74) is 0. The first-order valence-electron chi connectivity index (χ1n) is 4.10. The van der Waals surface area contributed by atoms with E-state index >= 15 is 0 Å². The van der Waals surface area contributed by atoms with Gasteiger partial charge in [0.15, 0.2) is 5.89 Å². The van der Waals surface area contributed by atoms with Crippen LogP contribution in [0.15, 0.2) is 23.3 Å². The van der Waals surface area contributed by atoms with Gasteiger partial charge < -0.3 is 9.73 Å². The third kappa shape index (κ3) is 2.74. The highest BCUT2D eigenvalue weighted by molar-refractivity contribution is 5.86. The summed E-state index contributed by atoms with van der Waals surface area (Å²) >= 11 is 0. The number of rotatable bonds is 4. The third-order valence-corrected chi connectivity index (χ3v) is 1.53. The van der Waals surface area contributed by atoms with E-state index in [0.717, 1.165) is 6.42 Å². The minimum Gasteiger partial charge on any atom is -0.444 e. The minimum absolute atomic E-state index is 0.213. The van der Waals surface area contributed by atoms with Gasteiger partial charge in [-0.2, -0.15) is 0 Å². The average Bonchev–Trinajstić information content (AvgIpc) is 2.61. The van der Waals surface area contributed by atoms with Crippen molar-refractivity contribution < 1.29 is 9.21 Å². The standard InChI is InChI=1S/C9H12N2O2/c1-3-8(12)10-5-7-6-11-9(4-2)13-7/h3,6H,1,4-5H2,2H3,(H,10,12). The maximum absolute atomic E-state index is 10.8. The molecular formula is C9H12N2O2. The van der Waals surface area contributed by atoms with Gasteiger partial charge in [0.05, 0.1) is 12.7 Å². The third-order valence-electron chi connectivity index (χ3n) is 1.53. The Hall–Kier alpha value is -1.58. The molecule has 0 aliphatic rings. The second-order valence-corrected chi connectivity index (χ2v) is 2.50. The van der Waals surface area contributed by atoms with Crippen LogP contribution in [0.2, 0.25) is 0 Å². The predicted octanol–water partition coefficient (Wildman–Crippen LogP) is 1.04. The van der Waals surface area contributed by atoms with Gasteiger partial charge in [0.25, 0.3) is 0 Å². The number of hydrogen-bond acceptors (Lipinski definition) is 3. The molecule has 0 radical (unpaired) electrons. The van der Waals surface area contributed by atoms with Gasteiger partial charge >= 0.3 is 0 Å². The van der Waals surface area contributed by atoms with Crippen LogP contribution in [0, 0.1) is 0 Å². The molecule has 0 saturated carbocycles. The Morgan fingerprint density at radius 2 is 2.62 bits per heavy atom. The lowest BCUT2D eigenvalue weighted by molar-refractivity contribution is -0.116. The molecule has 0 aliphatic carbocycles. The monoisotopic (exact) mass is 180 g/mol. The maximum atomic E-state index is 10.8. The zero-order valence-corrected chi connectivity index (χ0v) is 7.54. The molecule has 1 heterocycles. The molecule has 4 heteroatoms. The zero-order chi connectivity index (χ0) is 9.68. The van der Waals surface area contributed by atoms with Crippen LogP contribution < -0.4 is 5.32 Å². The Bertz CT molecular complexity index is 304. The van der Waals surface area contributed by atoms with Crippen molar-refractivity contribution in [2.45, 2.75) is 19.9 Å². The zero-order valence-electron chi connectivity index (χ0n) is 7.54. The van der Waals surface area contributed by atoms with Gasteiger partial charge in [-0.1, -0.05) is 13.5 Å². The van der Waals surface area contributed by atoms with E-state index in [2.05, 4.69) is 16.9 Å². The Morgan fingerprint density at radius 1 is 1.85 bits per heavy atom. The van der Waals surface area contributed by atoms with Gasteiger partial charge in [0, 0.05) is 6.42 Å². The fraction of sp³-hybridized carbons (Fsp3) is 0.333. The van der Waals surface area contributed by atoms with Crippen molar-refractivity contribution in [3.05, 3.63) is 30.5 Å². The van der Waals surface area contributed by atoms with E-state index in [4.69, 9.17) is 4.42 Å². The molecule has 70 valence electrons. The quantitative estimate of drug-likeness (QED) is 0.704. The van der Waals surface area contributed by atoms with Crippen LogP contribution in [0.25, 0.3) is 0 Å². The number of nitrogens with zero attached hydrogens (tertiary/aromatic N) is 1. The largest absolute Gasteiger partial charge is 0.444 e. The van der Waals surface area contributed by atoms with E-state index in [0.29, 0.717) is 18.2 Å². The second kappa shape index (κ2) is 4.45. The van der Waals surface area contributed by atoms with Crippen LogP contribution in [-0.4, -0.2) is 10.9 Å². The Kier molecular flexibility index (Phi) is 3.25. The molecule has 0 aromatic carbocycles. The van der Waals surface area contributed by atoms with Crippen LogP contribution in [-0.2, 0) is 17.8 Å². The smallest absolute Gasteiger partial charge is 0.243 e. The van der Waals surface area contributed by atoms with Crippen LogP contribution >= 0.6 is 0 Å². The summed E-state index contributed by atoms with van der Waals surface area (Å²) in [5.74, 6) is 1.13. The van der Waals surface area contributed by atoms with E-state index in [1.54, 1.807) is 6.20 Å². The lowest BCUT2D eigenvalue weighted by Gasteiger charge is -1.96. The van der Waals surface area contributed by atoms with Gasteiger partial charge in [-0.25, -0.2) is 4.98 Å². The normalized spacial score (nSPS) is 9.62. The van der Waals surface area contributed by atoms with Crippen molar-refractivity contribution in [1.82, 2.24) is 10.3 Å². The second-order valence-electron chi connectivity index (χ2n) is 2.50. The van der Waals surface area contributed by atoms with E-state index < -0.39 is 0 Å². The highest BCUT2D eigenvalue weighted by Crippen LogP contribution is 2.03. The molecule has 0 bridgehead atoms. The first kappa shape index (κ1) is 9.51. The van der Waals surface area contributed by atoms with Crippen molar-refractivity contribution in [1.29, 1.82) is 0 Å². The molecule has 1 amide bonds. The highest BCUT2D eigenvalue weighted by atomic mass is 16.4. The molecule has 0 saturated heterocycles. The van der Waals surface area contributed by atoms with Crippen molar-refractivity contribution in [2.75, 3.05) is 0 Å². The summed E-state index contributed by atoms with van der Waals surface area (Å²) in [5, 5.41) is 2.60. The van der Waals surface area contributed by atoms with Crippen molar-refractivity contribution in [3.63, 3.8) is 0 Å². The summed E-state index contributed by atoms with van der Waals surface area (Å²) in [7, 11) is 0. The first-order valence-corrected chi connectivity index (χ1v) is 4.10. The van der Waals surface area contributed by atoms with E-state index in [1.165, 1.54) is 6.08 Å². The number of aromatic nitrogens is 1.